The van der Waals surface area contributed by atoms with Crippen LogP contribution >= 0.6 is 0 Å². The maximum absolute atomic E-state index is 9.27. The van der Waals surface area contributed by atoms with Crippen molar-refractivity contribution in [3.05, 3.63) is 17.6 Å². The summed E-state index contributed by atoms with van der Waals surface area (Å²) in [4.78, 5) is 8.60. The van der Waals surface area contributed by atoms with E-state index >= 15 is 0 Å². The molecule has 2 N–H and O–H groups in total. The molecule has 0 spiro atoms. The van der Waals surface area contributed by atoms with Gasteiger partial charge in [0.05, 0.1) is 12.6 Å². The van der Waals surface area contributed by atoms with E-state index in [0.29, 0.717) is 18.3 Å². The summed E-state index contributed by atoms with van der Waals surface area (Å²) in [5.74, 6) is 1.72. The topological polar surface area (TPSA) is 67.3 Å². The van der Waals surface area contributed by atoms with Crippen molar-refractivity contribution in [1.29, 1.82) is 0 Å². The summed E-state index contributed by atoms with van der Waals surface area (Å²) in [7, 11) is 1.61. The molecule has 1 aromatic heterocycles. The molecule has 1 heterocycles. The average molecular weight is 239 g/mol. The molecule has 0 saturated heterocycles. The quantitative estimate of drug-likeness (QED) is 0.784. The lowest BCUT2D eigenvalue weighted by atomic mass is 10.1. The zero-order valence-electron chi connectivity index (χ0n) is 10.9. The molecule has 0 fully saturated rings. The van der Waals surface area contributed by atoms with E-state index in [2.05, 4.69) is 29.1 Å². The lowest BCUT2D eigenvalue weighted by Crippen LogP contribution is -2.30. The van der Waals surface area contributed by atoms with E-state index in [9.17, 15) is 5.11 Å². The second-order valence-corrected chi connectivity index (χ2v) is 4.42. The highest BCUT2D eigenvalue weighted by Crippen LogP contribution is 2.12. The van der Waals surface area contributed by atoms with Gasteiger partial charge in [0.1, 0.15) is 12.4 Å². The molecule has 0 saturated carbocycles. The fourth-order valence-electron chi connectivity index (χ4n) is 1.51. The first-order valence-corrected chi connectivity index (χ1v) is 5.77. The maximum atomic E-state index is 9.27. The van der Waals surface area contributed by atoms with Gasteiger partial charge in [-0.05, 0) is 12.8 Å². The minimum absolute atomic E-state index is 0.000283. The van der Waals surface area contributed by atoms with Crippen LogP contribution in [0, 0.1) is 12.8 Å². The number of aliphatic hydroxyl groups is 1. The molecular formula is C12H21N3O2. The molecular weight excluding hydrogens is 218 g/mol. The Morgan fingerprint density at radius 3 is 2.65 bits per heavy atom. The smallest absolute Gasteiger partial charge is 0.156 e. The summed E-state index contributed by atoms with van der Waals surface area (Å²) in [5, 5.41) is 12.5. The van der Waals surface area contributed by atoms with Gasteiger partial charge in [0, 0.05) is 18.9 Å². The van der Waals surface area contributed by atoms with Gasteiger partial charge in [-0.1, -0.05) is 13.8 Å². The second-order valence-electron chi connectivity index (χ2n) is 4.42. The van der Waals surface area contributed by atoms with Gasteiger partial charge in [0.15, 0.2) is 5.82 Å². The number of hydrogen-bond donors (Lipinski definition) is 2. The molecule has 96 valence electrons. The minimum atomic E-state index is -0.000283. The molecule has 0 aliphatic carbocycles. The van der Waals surface area contributed by atoms with Crippen molar-refractivity contribution in [2.75, 3.05) is 19.0 Å². The monoisotopic (exact) mass is 239 g/mol. The Kier molecular flexibility index (Phi) is 5.31. The predicted octanol–water partition coefficient (Wildman–Crippen LogP) is 1.36. The molecule has 1 aromatic rings. The van der Waals surface area contributed by atoms with Gasteiger partial charge in [-0.3, -0.25) is 0 Å². The van der Waals surface area contributed by atoms with Gasteiger partial charge < -0.3 is 15.2 Å². The van der Waals surface area contributed by atoms with Crippen LogP contribution in [0.3, 0.4) is 0 Å². The number of aromatic nitrogens is 2. The number of aryl methyl sites for hydroxylation is 1. The van der Waals surface area contributed by atoms with Crippen LogP contribution in [-0.2, 0) is 11.3 Å². The van der Waals surface area contributed by atoms with Gasteiger partial charge in [-0.25, -0.2) is 9.97 Å². The number of methoxy groups -OCH3 is 1. The van der Waals surface area contributed by atoms with E-state index < -0.39 is 0 Å². The lowest BCUT2D eigenvalue weighted by molar-refractivity contribution is 0.177. The van der Waals surface area contributed by atoms with Crippen LogP contribution in [0.25, 0.3) is 0 Å². The predicted molar refractivity (Wildman–Crippen MR) is 66.8 cm³/mol. The summed E-state index contributed by atoms with van der Waals surface area (Å²) >= 11 is 0. The summed E-state index contributed by atoms with van der Waals surface area (Å²) in [6, 6.07) is 1.86. The van der Waals surface area contributed by atoms with Crippen LogP contribution in [0.1, 0.15) is 25.4 Å². The van der Waals surface area contributed by atoms with E-state index in [1.807, 2.05) is 13.0 Å². The molecule has 1 atom stereocenters. The SMILES string of the molecule is COCc1nc(C)cc(N[C@@H](CO)C(C)C)n1. The Morgan fingerprint density at radius 2 is 2.12 bits per heavy atom. The van der Waals surface area contributed by atoms with Gasteiger partial charge in [-0.15, -0.1) is 0 Å². The number of hydrogen-bond acceptors (Lipinski definition) is 5. The number of aliphatic hydroxyl groups excluding tert-OH is 1. The normalized spacial score (nSPS) is 12.8. The summed E-state index contributed by atoms with van der Waals surface area (Å²) < 4.78 is 5.01. The number of rotatable bonds is 6. The first-order chi connectivity index (χ1) is 8.06. The van der Waals surface area contributed by atoms with Gasteiger partial charge in [-0.2, -0.15) is 0 Å². The molecule has 0 aromatic carbocycles. The Balaban J connectivity index is 2.82. The third kappa shape index (κ3) is 4.28. The molecule has 0 radical (unpaired) electrons. The Labute approximate surface area is 102 Å². The Bertz CT molecular complexity index is 356. The summed E-state index contributed by atoms with van der Waals surface area (Å²) in [6.07, 6.45) is 0. The largest absolute Gasteiger partial charge is 0.394 e. The highest BCUT2D eigenvalue weighted by Gasteiger charge is 2.13. The first kappa shape index (κ1) is 13.9. The standard InChI is InChI=1S/C12H21N3O2/c1-8(2)10(6-16)14-11-5-9(3)13-12(15-11)7-17-4/h5,8,10,16H,6-7H2,1-4H3,(H,13,14,15)/t10-/m0/s1. The molecule has 0 amide bonds. The van der Waals surface area contributed by atoms with Crippen LogP contribution in [0.5, 0.6) is 0 Å². The fourth-order valence-corrected chi connectivity index (χ4v) is 1.51. The number of ether oxygens (including phenoxy) is 1. The van der Waals surface area contributed by atoms with Gasteiger partial charge >= 0.3 is 0 Å². The Hall–Kier alpha value is -1.20. The number of anilines is 1. The Morgan fingerprint density at radius 1 is 1.41 bits per heavy atom. The van der Waals surface area contributed by atoms with E-state index in [0.717, 1.165) is 11.5 Å². The molecule has 0 unspecified atom stereocenters. The zero-order chi connectivity index (χ0) is 12.8. The number of nitrogens with zero attached hydrogens (tertiary/aromatic N) is 2. The van der Waals surface area contributed by atoms with Crippen LogP contribution in [0.2, 0.25) is 0 Å². The van der Waals surface area contributed by atoms with Gasteiger partial charge in [0.25, 0.3) is 0 Å². The maximum Gasteiger partial charge on any atom is 0.156 e. The molecule has 5 nitrogen and oxygen atoms in total. The van der Waals surface area contributed by atoms with Crippen molar-refractivity contribution in [1.82, 2.24) is 9.97 Å². The van der Waals surface area contributed by atoms with E-state index in [1.165, 1.54) is 0 Å². The molecule has 0 aliphatic heterocycles. The van der Waals surface area contributed by atoms with Crippen molar-refractivity contribution >= 4 is 5.82 Å². The third-order valence-corrected chi connectivity index (χ3v) is 2.51. The van der Waals surface area contributed by atoms with Gasteiger partial charge in [0.2, 0.25) is 0 Å². The van der Waals surface area contributed by atoms with Crippen molar-refractivity contribution in [2.24, 2.45) is 5.92 Å². The third-order valence-electron chi connectivity index (χ3n) is 2.51. The highest BCUT2D eigenvalue weighted by molar-refractivity contribution is 5.37. The van der Waals surface area contributed by atoms with Crippen molar-refractivity contribution in [2.45, 2.75) is 33.4 Å². The molecule has 0 bridgehead atoms. The van der Waals surface area contributed by atoms with E-state index in [1.54, 1.807) is 7.11 Å². The van der Waals surface area contributed by atoms with Crippen molar-refractivity contribution in [3.8, 4) is 0 Å². The van der Waals surface area contributed by atoms with Crippen molar-refractivity contribution in [3.63, 3.8) is 0 Å². The first-order valence-electron chi connectivity index (χ1n) is 5.77. The summed E-state index contributed by atoms with van der Waals surface area (Å²) in [6.45, 7) is 6.49. The second kappa shape index (κ2) is 6.51. The van der Waals surface area contributed by atoms with E-state index in [4.69, 9.17) is 4.74 Å². The molecule has 5 heteroatoms. The average Bonchev–Trinajstić information content (AvgIpc) is 2.25. The number of nitrogens with one attached hydrogen (secondary N) is 1. The molecule has 17 heavy (non-hydrogen) atoms. The summed E-state index contributed by atoms with van der Waals surface area (Å²) in [5.41, 5.74) is 0.884. The van der Waals surface area contributed by atoms with Crippen molar-refractivity contribution < 1.29 is 9.84 Å². The van der Waals surface area contributed by atoms with Crippen LogP contribution in [0.4, 0.5) is 5.82 Å². The van der Waals surface area contributed by atoms with E-state index in [-0.39, 0.29) is 12.6 Å². The lowest BCUT2D eigenvalue weighted by Gasteiger charge is -2.20. The highest BCUT2D eigenvalue weighted by atomic mass is 16.5. The molecule has 1 rings (SSSR count). The van der Waals surface area contributed by atoms with Crippen LogP contribution < -0.4 is 5.32 Å². The van der Waals surface area contributed by atoms with Crippen LogP contribution in [-0.4, -0.2) is 34.8 Å². The molecule has 0 aliphatic rings. The zero-order valence-corrected chi connectivity index (χ0v) is 10.9. The fraction of sp³-hybridized carbons (Fsp3) is 0.667. The van der Waals surface area contributed by atoms with Crippen LogP contribution in [0.15, 0.2) is 6.07 Å². The minimum Gasteiger partial charge on any atom is -0.394 e.